The fourth-order valence-electron chi connectivity index (χ4n) is 3.80. The number of nitrogens with zero attached hydrogens (tertiary/aromatic N) is 1. The molecule has 0 radical (unpaired) electrons. The first kappa shape index (κ1) is 16.2. The Kier molecular flexibility index (Phi) is 4.50. The third-order valence-electron chi connectivity index (χ3n) is 5.08. The number of rotatable bonds is 3. The molecule has 3 nitrogen and oxygen atoms in total. The van der Waals surface area contributed by atoms with Gasteiger partial charge in [0.05, 0.1) is 5.69 Å². The van der Waals surface area contributed by atoms with Gasteiger partial charge in [0.1, 0.15) is 0 Å². The van der Waals surface area contributed by atoms with E-state index in [-0.39, 0.29) is 11.9 Å². The number of aromatic amines is 1. The molecule has 3 aromatic rings. The van der Waals surface area contributed by atoms with E-state index >= 15 is 0 Å². The maximum Gasteiger partial charge on any atom is 0.258 e. The number of hydrogen-bond donors (Lipinski definition) is 1. The van der Waals surface area contributed by atoms with Crippen molar-refractivity contribution in [3.05, 3.63) is 65.3 Å². The summed E-state index contributed by atoms with van der Waals surface area (Å²) in [5.41, 5.74) is 2.71. The van der Waals surface area contributed by atoms with Crippen molar-refractivity contribution in [2.24, 2.45) is 0 Å². The van der Waals surface area contributed by atoms with Gasteiger partial charge in [0.25, 0.3) is 5.91 Å². The number of para-hydroxylation sites is 1. The summed E-state index contributed by atoms with van der Waals surface area (Å²) in [6.07, 6.45) is 7.69. The van der Waals surface area contributed by atoms with Gasteiger partial charge in [0.2, 0.25) is 0 Å². The van der Waals surface area contributed by atoms with Crippen molar-refractivity contribution in [3.8, 4) is 0 Å². The Morgan fingerprint density at radius 3 is 2.48 bits per heavy atom. The fraction of sp³-hybridized carbons (Fsp3) is 0.286. The first-order chi connectivity index (χ1) is 12.2. The van der Waals surface area contributed by atoms with Crippen LogP contribution in [-0.2, 0) is 0 Å². The van der Waals surface area contributed by atoms with Crippen LogP contribution in [0.3, 0.4) is 0 Å². The van der Waals surface area contributed by atoms with Crippen LogP contribution < -0.4 is 4.90 Å². The average molecular weight is 353 g/mol. The first-order valence-electron chi connectivity index (χ1n) is 8.89. The van der Waals surface area contributed by atoms with Crippen LogP contribution in [0, 0.1) is 0 Å². The quantitative estimate of drug-likeness (QED) is 0.635. The van der Waals surface area contributed by atoms with Crippen LogP contribution in [0.4, 0.5) is 5.69 Å². The summed E-state index contributed by atoms with van der Waals surface area (Å²) in [4.78, 5) is 18.7. The second kappa shape index (κ2) is 6.93. The van der Waals surface area contributed by atoms with Crippen LogP contribution in [-0.4, -0.2) is 16.9 Å². The molecule has 1 aliphatic rings. The van der Waals surface area contributed by atoms with E-state index in [9.17, 15) is 4.79 Å². The standard InChI is InChI=1S/C21H21ClN2O/c22-16-12-10-15(11-13-16)21(25)24(17-6-2-1-3-7-17)20-14-23-19-9-5-4-8-18(19)20/h4-5,8-14,17,23H,1-3,6-7H2. The van der Waals surface area contributed by atoms with Gasteiger partial charge >= 0.3 is 0 Å². The Bertz CT molecular complexity index is 878. The molecule has 1 fully saturated rings. The number of benzene rings is 2. The molecule has 1 heterocycles. The summed E-state index contributed by atoms with van der Waals surface area (Å²) in [6, 6.07) is 15.6. The number of fused-ring (bicyclic) bond motifs is 1. The van der Waals surface area contributed by atoms with Crippen molar-refractivity contribution in [1.82, 2.24) is 4.98 Å². The molecule has 1 aromatic heterocycles. The Morgan fingerprint density at radius 1 is 1.00 bits per heavy atom. The van der Waals surface area contributed by atoms with Gasteiger partial charge < -0.3 is 9.88 Å². The Balaban J connectivity index is 1.78. The van der Waals surface area contributed by atoms with Gasteiger partial charge in [0, 0.05) is 33.7 Å². The van der Waals surface area contributed by atoms with Crippen LogP contribution in [0.1, 0.15) is 42.5 Å². The summed E-state index contributed by atoms with van der Waals surface area (Å²) >= 11 is 5.99. The number of anilines is 1. The van der Waals surface area contributed by atoms with Crippen molar-refractivity contribution in [3.63, 3.8) is 0 Å². The number of amides is 1. The predicted octanol–water partition coefficient (Wildman–Crippen LogP) is 5.80. The maximum absolute atomic E-state index is 13.4. The van der Waals surface area contributed by atoms with E-state index in [2.05, 4.69) is 11.1 Å². The van der Waals surface area contributed by atoms with Crippen molar-refractivity contribution in [2.75, 3.05) is 4.90 Å². The fourth-order valence-corrected chi connectivity index (χ4v) is 3.92. The molecule has 0 saturated heterocycles. The van der Waals surface area contributed by atoms with Gasteiger partial charge in [-0.25, -0.2) is 0 Å². The lowest BCUT2D eigenvalue weighted by Gasteiger charge is -2.34. The van der Waals surface area contributed by atoms with E-state index in [0.717, 1.165) is 29.4 Å². The largest absolute Gasteiger partial charge is 0.359 e. The van der Waals surface area contributed by atoms with E-state index in [1.807, 2.05) is 41.4 Å². The van der Waals surface area contributed by atoms with E-state index < -0.39 is 0 Å². The minimum absolute atomic E-state index is 0.0494. The van der Waals surface area contributed by atoms with Gasteiger partial charge in [-0.15, -0.1) is 0 Å². The van der Waals surface area contributed by atoms with E-state index in [1.165, 1.54) is 19.3 Å². The van der Waals surface area contributed by atoms with Crippen LogP contribution in [0.25, 0.3) is 10.9 Å². The molecule has 25 heavy (non-hydrogen) atoms. The molecule has 128 valence electrons. The molecule has 1 saturated carbocycles. The molecule has 0 atom stereocenters. The molecule has 4 rings (SSSR count). The SMILES string of the molecule is O=C(c1ccc(Cl)cc1)N(c1c[nH]c2ccccc12)C1CCCCC1. The summed E-state index contributed by atoms with van der Waals surface area (Å²) in [5, 5.41) is 1.74. The average Bonchev–Trinajstić information content (AvgIpc) is 3.07. The highest BCUT2D eigenvalue weighted by Gasteiger charge is 2.29. The van der Waals surface area contributed by atoms with Gasteiger partial charge in [-0.2, -0.15) is 0 Å². The number of carbonyl (C=O) groups excluding carboxylic acids is 1. The molecule has 0 aliphatic heterocycles. The zero-order chi connectivity index (χ0) is 17.2. The molecular weight excluding hydrogens is 332 g/mol. The molecule has 1 amide bonds. The number of halogens is 1. The maximum atomic E-state index is 13.4. The van der Waals surface area contributed by atoms with E-state index in [4.69, 9.17) is 11.6 Å². The Labute approximate surface area is 152 Å². The number of hydrogen-bond acceptors (Lipinski definition) is 1. The summed E-state index contributed by atoms with van der Waals surface area (Å²) in [7, 11) is 0. The second-order valence-corrected chi connectivity index (χ2v) is 7.13. The molecule has 0 spiro atoms. The number of carbonyl (C=O) groups is 1. The predicted molar refractivity (Wildman–Crippen MR) is 103 cm³/mol. The first-order valence-corrected chi connectivity index (χ1v) is 9.27. The number of H-pyrrole nitrogens is 1. The van der Waals surface area contributed by atoms with Crippen molar-refractivity contribution >= 4 is 34.1 Å². The van der Waals surface area contributed by atoms with E-state index in [0.29, 0.717) is 10.6 Å². The van der Waals surface area contributed by atoms with Crippen LogP contribution in [0.15, 0.2) is 54.7 Å². The minimum atomic E-state index is 0.0494. The van der Waals surface area contributed by atoms with Crippen molar-refractivity contribution in [1.29, 1.82) is 0 Å². The smallest absolute Gasteiger partial charge is 0.258 e. The molecule has 1 aliphatic carbocycles. The second-order valence-electron chi connectivity index (χ2n) is 6.69. The van der Waals surface area contributed by atoms with Crippen molar-refractivity contribution < 1.29 is 4.79 Å². The van der Waals surface area contributed by atoms with Gasteiger partial charge in [-0.1, -0.05) is 49.1 Å². The Hall–Kier alpha value is -2.26. The summed E-state index contributed by atoms with van der Waals surface area (Å²) < 4.78 is 0. The molecule has 1 N–H and O–H groups in total. The highest BCUT2D eigenvalue weighted by Crippen LogP contribution is 2.34. The van der Waals surface area contributed by atoms with Crippen molar-refractivity contribution in [2.45, 2.75) is 38.1 Å². The normalized spacial score (nSPS) is 15.4. The molecular formula is C21H21ClN2O. The Morgan fingerprint density at radius 2 is 1.72 bits per heavy atom. The monoisotopic (exact) mass is 352 g/mol. The van der Waals surface area contributed by atoms with Crippen LogP contribution in [0.2, 0.25) is 5.02 Å². The third kappa shape index (κ3) is 3.16. The van der Waals surface area contributed by atoms with Gasteiger partial charge in [-0.3, -0.25) is 4.79 Å². The lowest BCUT2D eigenvalue weighted by Crippen LogP contribution is -2.41. The lowest BCUT2D eigenvalue weighted by atomic mass is 9.93. The zero-order valence-corrected chi connectivity index (χ0v) is 14.8. The molecule has 0 unspecified atom stereocenters. The van der Waals surface area contributed by atoms with Gasteiger partial charge in [0.15, 0.2) is 0 Å². The number of aromatic nitrogens is 1. The molecule has 4 heteroatoms. The van der Waals surface area contributed by atoms with Crippen LogP contribution in [0.5, 0.6) is 0 Å². The van der Waals surface area contributed by atoms with Gasteiger partial charge in [-0.05, 0) is 43.2 Å². The van der Waals surface area contributed by atoms with Crippen LogP contribution >= 0.6 is 11.6 Å². The number of nitrogens with one attached hydrogen (secondary N) is 1. The summed E-state index contributed by atoms with van der Waals surface area (Å²) in [5.74, 6) is 0.0494. The highest BCUT2D eigenvalue weighted by atomic mass is 35.5. The minimum Gasteiger partial charge on any atom is -0.359 e. The topological polar surface area (TPSA) is 36.1 Å². The zero-order valence-electron chi connectivity index (χ0n) is 14.0. The molecule has 2 aromatic carbocycles. The third-order valence-corrected chi connectivity index (χ3v) is 5.33. The molecule has 0 bridgehead atoms. The summed E-state index contributed by atoms with van der Waals surface area (Å²) in [6.45, 7) is 0. The lowest BCUT2D eigenvalue weighted by molar-refractivity contribution is 0.0971. The van der Waals surface area contributed by atoms with E-state index in [1.54, 1.807) is 12.1 Å². The highest BCUT2D eigenvalue weighted by molar-refractivity contribution is 6.30.